The molecule has 6 nitrogen and oxygen atoms in total. The number of benzene rings is 1. The molecule has 0 aliphatic carbocycles. The predicted molar refractivity (Wildman–Crippen MR) is 71.0 cm³/mol. The molecular formula is C13H17N3O3. The fraction of sp³-hybridized carbons (Fsp3) is 0.462. The summed E-state index contributed by atoms with van der Waals surface area (Å²) in [6.45, 7) is 2.46. The van der Waals surface area contributed by atoms with Crippen LogP contribution < -0.4 is 16.8 Å². The third-order valence-electron chi connectivity index (χ3n) is 3.39. The number of nitrogens with two attached hydrogens (primary N) is 1. The quantitative estimate of drug-likeness (QED) is 0.749. The van der Waals surface area contributed by atoms with Gasteiger partial charge in [0.15, 0.2) is 5.58 Å². The third-order valence-corrected chi connectivity index (χ3v) is 3.39. The first-order valence-corrected chi connectivity index (χ1v) is 6.43. The van der Waals surface area contributed by atoms with Crippen LogP contribution in [0.5, 0.6) is 0 Å². The van der Waals surface area contributed by atoms with Crippen LogP contribution in [0.4, 0.5) is 0 Å². The standard InChI is InChI=1S/C13H17N3O3/c14-10(6-9-7-15-3-4-18-9)8-1-2-12-11(5-8)16-13(17)19-12/h1-2,5,9-10,15H,3-4,6-7,14H2,(H,16,17). The lowest BCUT2D eigenvalue weighted by Gasteiger charge is -2.26. The van der Waals surface area contributed by atoms with Gasteiger partial charge in [0.25, 0.3) is 0 Å². The Morgan fingerprint density at radius 1 is 1.47 bits per heavy atom. The van der Waals surface area contributed by atoms with E-state index in [1.54, 1.807) is 6.07 Å². The van der Waals surface area contributed by atoms with Gasteiger partial charge in [-0.15, -0.1) is 0 Å². The van der Waals surface area contributed by atoms with Crippen LogP contribution in [0, 0.1) is 0 Å². The van der Waals surface area contributed by atoms with Gasteiger partial charge in [-0.2, -0.15) is 0 Å². The number of nitrogens with one attached hydrogen (secondary N) is 2. The minimum atomic E-state index is -0.444. The monoisotopic (exact) mass is 263 g/mol. The van der Waals surface area contributed by atoms with E-state index in [0.29, 0.717) is 11.1 Å². The summed E-state index contributed by atoms with van der Waals surface area (Å²) in [4.78, 5) is 13.7. The maximum Gasteiger partial charge on any atom is 0.417 e. The summed E-state index contributed by atoms with van der Waals surface area (Å²) in [5.74, 6) is -0.444. The topological polar surface area (TPSA) is 93.3 Å². The van der Waals surface area contributed by atoms with Gasteiger partial charge in [0.1, 0.15) is 0 Å². The number of ether oxygens (including phenoxy) is 1. The number of fused-ring (bicyclic) bond motifs is 1. The molecule has 1 aliphatic rings. The summed E-state index contributed by atoms with van der Waals surface area (Å²) in [6.07, 6.45) is 0.892. The van der Waals surface area contributed by atoms with E-state index in [4.69, 9.17) is 14.9 Å². The normalized spacial score (nSPS) is 21.6. The highest BCUT2D eigenvalue weighted by atomic mass is 16.5. The molecule has 0 bridgehead atoms. The number of oxazole rings is 1. The second-order valence-electron chi connectivity index (χ2n) is 4.81. The first-order valence-electron chi connectivity index (χ1n) is 6.43. The smallest absolute Gasteiger partial charge is 0.408 e. The maximum atomic E-state index is 11.1. The number of rotatable bonds is 3. The van der Waals surface area contributed by atoms with E-state index in [9.17, 15) is 4.79 Å². The zero-order valence-electron chi connectivity index (χ0n) is 10.5. The number of hydrogen-bond donors (Lipinski definition) is 3. The SMILES string of the molecule is NC(CC1CNCCO1)c1ccc2oc(=O)[nH]c2c1. The van der Waals surface area contributed by atoms with Gasteiger partial charge in [0.05, 0.1) is 18.2 Å². The summed E-state index contributed by atoms with van der Waals surface area (Å²) in [5, 5.41) is 3.28. The summed E-state index contributed by atoms with van der Waals surface area (Å²) >= 11 is 0. The Bertz CT molecular complexity index is 613. The minimum Gasteiger partial charge on any atom is -0.408 e. The van der Waals surface area contributed by atoms with Crippen molar-refractivity contribution in [2.45, 2.75) is 18.6 Å². The summed E-state index contributed by atoms with van der Waals surface area (Å²) < 4.78 is 10.6. The Kier molecular flexibility index (Phi) is 3.37. The van der Waals surface area contributed by atoms with Gasteiger partial charge in [0.2, 0.25) is 0 Å². The molecule has 3 rings (SSSR count). The van der Waals surface area contributed by atoms with Crippen LogP contribution in [0.3, 0.4) is 0 Å². The molecule has 6 heteroatoms. The van der Waals surface area contributed by atoms with Crippen LogP contribution in [-0.2, 0) is 4.74 Å². The zero-order chi connectivity index (χ0) is 13.2. The summed E-state index contributed by atoms with van der Waals surface area (Å²) in [5.41, 5.74) is 8.40. The molecule has 4 N–H and O–H groups in total. The van der Waals surface area contributed by atoms with Crippen LogP contribution in [0.2, 0.25) is 0 Å². The Morgan fingerprint density at radius 2 is 2.37 bits per heavy atom. The third kappa shape index (κ3) is 2.70. The van der Waals surface area contributed by atoms with E-state index < -0.39 is 5.76 Å². The van der Waals surface area contributed by atoms with Gasteiger partial charge < -0.3 is 20.2 Å². The largest absolute Gasteiger partial charge is 0.417 e. The summed E-state index contributed by atoms with van der Waals surface area (Å²) in [6, 6.07) is 5.40. The van der Waals surface area contributed by atoms with Crippen molar-refractivity contribution in [2.75, 3.05) is 19.7 Å². The molecule has 1 saturated heterocycles. The van der Waals surface area contributed by atoms with Crippen LogP contribution in [0.15, 0.2) is 27.4 Å². The average molecular weight is 263 g/mol. The van der Waals surface area contributed by atoms with Gasteiger partial charge in [-0.05, 0) is 24.1 Å². The molecule has 0 amide bonds. The zero-order valence-corrected chi connectivity index (χ0v) is 10.5. The molecule has 1 fully saturated rings. The van der Waals surface area contributed by atoms with Crippen molar-refractivity contribution in [1.29, 1.82) is 0 Å². The van der Waals surface area contributed by atoms with Crippen LogP contribution >= 0.6 is 0 Å². The van der Waals surface area contributed by atoms with E-state index in [1.165, 1.54) is 0 Å². The molecule has 102 valence electrons. The van der Waals surface area contributed by atoms with Crippen molar-refractivity contribution in [3.8, 4) is 0 Å². The lowest BCUT2D eigenvalue weighted by atomic mass is 10.0. The molecule has 2 aromatic rings. The predicted octanol–water partition coefficient (Wildman–Crippen LogP) is 0.499. The highest BCUT2D eigenvalue weighted by Gasteiger charge is 2.18. The average Bonchev–Trinajstić information content (AvgIpc) is 2.78. The number of aromatic amines is 1. The van der Waals surface area contributed by atoms with Crippen molar-refractivity contribution >= 4 is 11.1 Å². The highest BCUT2D eigenvalue weighted by Crippen LogP contribution is 2.21. The van der Waals surface area contributed by atoms with Gasteiger partial charge in [-0.3, -0.25) is 4.98 Å². The van der Waals surface area contributed by atoms with Gasteiger partial charge in [-0.25, -0.2) is 4.79 Å². The first kappa shape index (κ1) is 12.4. The van der Waals surface area contributed by atoms with E-state index in [0.717, 1.165) is 31.7 Å². The Hall–Kier alpha value is -1.63. The minimum absolute atomic E-state index is 0.118. The molecule has 2 atom stereocenters. The van der Waals surface area contributed by atoms with E-state index in [-0.39, 0.29) is 12.1 Å². The van der Waals surface area contributed by atoms with Crippen LogP contribution in [-0.4, -0.2) is 30.8 Å². The van der Waals surface area contributed by atoms with Gasteiger partial charge in [0, 0.05) is 19.1 Å². The molecule has 2 heterocycles. The number of hydrogen-bond acceptors (Lipinski definition) is 5. The molecule has 2 unspecified atom stereocenters. The van der Waals surface area contributed by atoms with Crippen molar-refractivity contribution < 1.29 is 9.15 Å². The van der Waals surface area contributed by atoms with E-state index in [1.807, 2.05) is 12.1 Å². The van der Waals surface area contributed by atoms with Crippen molar-refractivity contribution in [3.63, 3.8) is 0 Å². The molecule has 0 spiro atoms. The molecule has 0 saturated carbocycles. The molecule has 0 radical (unpaired) electrons. The Labute approximate surface area is 109 Å². The molecular weight excluding hydrogens is 246 g/mol. The van der Waals surface area contributed by atoms with E-state index in [2.05, 4.69) is 10.3 Å². The second kappa shape index (κ2) is 5.16. The Balaban J connectivity index is 1.76. The van der Waals surface area contributed by atoms with Crippen molar-refractivity contribution in [2.24, 2.45) is 5.73 Å². The molecule has 1 aromatic heterocycles. The first-order chi connectivity index (χ1) is 9.22. The lowest BCUT2D eigenvalue weighted by Crippen LogP contribution is -2.40. The Morgan fingerprint density at radius 3 is 3.16 bits per heavy atom. The molecule has 1 aliphatic heterocycles. The number of aromatic nitrogens is 1. The van der Waals surface area contributed by atoms with Gasteiger partial charge >= 0.3 is 5.76 Å². The van der Waals surface area contributed by atoms with E-state index >= 15 is 0 Å². The fourth-order valence-electron chi connectivity index (χ4n) is 2.39. The van der Waals surface area contributed by atoms with Crippen molar-refractivity contribution in [1.82, 2.24) is 10.3 Å². The van der Waals surface area contributed by atoms with Crippen molar-refractivity contribution in [3.05, 3.63) is 34.3 Å². The fourth-order valence-corrected chi connectivity index (χ4v) is 2.39. The lowest BCUT2D eigenvalue weighted by molar-refractivity contribution is 0.0195. The molecule has 19 heavy (non-hydrogen) atoms. The van der Waals surface area contributed by atoms with Gasteiger partial charge in [-0.1, -0.05) is 6.07 Å². The maximum absolute atomic E-state index is 11.1. The van der Waals surface area contributed by atoms with Crippen LogP contribution in [0.25, 0.3) is 11.1 Å². The number of H-pyrrole nitrogens is 1. The molecule has 1 aromatic carbocycles. The highest BCUT2D eigenvalue weighted by molar-refractivity contribution is 5.72. The van der Waals surface area contributed by atoms with Crippen LogP contribution in [0.1, 0.15) is 18.0 Å². The number of morpholine rings is 1. The summed E-state index contributed by atoms with van der Waals surface area (Å²) in [7, 11) is 0. The second-order valence-corrected chi connectivity index (χ2v) is 4.81.